The maximum atomic E-state index is 12.0. The van der Waals surface area contributed by atoms with Gasteiger partial charge in [-0.25, -0.2) is 9.78 Å². The van der Waals surface area contributed by atoms with Gasteiger partial charge in [0.25, 0.3) is 0 Å². The second-order valence-electron chi connectivity index (χ2n) is 6.75. The number of rotatable bonds is 8. The van der Waals surface area contributed by atoms with E-state index in [-0.39, 0.29) is 42.1 Å². The quantitative estimate of drug-likeness (QED) is 0.223. The first-order valence-electron chi connectivity index (χ1n) is 9.69. The van der Waals surface area contributed by atoms with E-state index in [9.17, 15) is 4.79 Å². The van der Waals surface area contributed by atoms with Crippen LogP contribution >= 0.6 is 35.3 Å². The molecule has 0 bridgehead atoms. The van der Waals surface area contributed by atoms with E-state index in [4.69, 9.17) is 9.47 Å². The van der Waals surface area contributed by atoms with Crippen molar-refractivity contribution in [1.82, 2.24) is 15.6 Å². The minimum Gasteiger partial charge on any atom is -0.489 e. The van der Waals surface area contributed by atoms with Crippen LogP contribution in [0.1, 0.15) is 52.7 Å². The van der Waals surface area contributed by atoms with E-state index < -0.39 is 0 Å². The summed E-state index contributed by atoms with van der Waals surface area (Å²) in [4.78, 5) is 21.3. The molecule has 9 heteroatoms. The molecule has 0 radical (unpaired) electrons. The van der Waals surface area contributed by atoms with Gasteiger partial charge in [-0.1, -0.05) is 12.1 Å². The van der Waals surface area contributed by atoms with E-state index in [0.29, 0.717) is 29.7 Å². The first-order valence-corrected chi connectivity index (χ1v) is 10.5. The average Bonchev–Trinajstić information content (AvgIpc) is 3.07. The van der Waals surface area contributed by atoms with Gasteiger partial charge in [-0.05, 0) is 52.3 Å². The van der Waals surface area contributed by atoms with Crippen molar-refractivity contribution in [1.29, 1.82) is 0 Å². The van der Waals surface area contributed by atoms with E-state index in [1.807, 2.05) is 52.0 Å². The maximum absolute atomic E-state index is 12.0. The number of nitrogens with zero attached hydrogens (tertiary/aromatic N) is 2. The number of nitrogens with one attached hydrogen (secondary N) is 2. The summed E-state index contributed by atoms with van der Waals surface area (Å²) < 4.78 is 11.0. The molecule has 0 aliphatic rings. The topological polar surface area (TPSA) is 84.8 Å². The number of hydrogen-bond donors (Lipinski definition) is 2. The number of aryl methyl sites for hydroxylation is 2. The standard InChI is InChI=1S/C21H30N4O3S.HI/c1-7-27-20(26)18-15(4)24-19(29-18)16(5)25-21(22-6)23-12-14(3)28-17-10-8-9-13(2)11-17;/h8-11,14,16H,7,12H2,1-6H3,(H2,22,23,25);1H. The minimum atomic E-state index is -0.328. The Morgan fingerprint density at radius 2 is 2.03 bits per heavy atom. The zero-order valence-corrected chi connectivity index (χ0v) is 21.5. The molecular formula is C21H31IN4O3S. The molecule has 0 amide bonds. The molecule has 1 aromatic carbocycles. The number of carbonyl (C=O) groups excluding carboxylic acids is 1. The Morgan fingerprint density at radius 1 is 1.30 bits per heavy atom. The molecule has 7 nitrogen and oxygen atoms in total. The number of aliphatic imine (C=N–C) groups is 1. The van der Waals surface area contributed by atoms with Gasteiger partial charge in [0.05, 0.1) is 24.9 Å². The molecule has 2 unspecified atom stereocenters. The van der Waals surface area contributed by atoms with Gasteiger partial charge in [-0.15, -0.1) is 35.3 Å². The molecule has 0 aliphatic carbocycles. The van der Waals surface area contributed by atoms with Crippen LogP contribution in [-0.2, 0) is 4.74 Å². The number of guanidine groups is 1. The molecule has 0 saturated carbocycles. The maximum Gasteiger partial charge on any atom is 0.350 e. The summed E-state index contributed by atoms with van der Waals surface area (Å²) in [6, 6.07) is 7.87. The van der Waals surface area contributed by atoms with E-state index in [1.54, 1.807) is 14.0 Å². The van der Waals surface area contributed by atoms with E-state index in [2.05, 4.69) is 20.6 Å². The lowest BCUT2D eigenvalue weighted by molar-refractivity contribution is 0.0531. The van der Waals surface area contributed by atoms with Gasteiger partial charge in [0.15, 0.2) is 5.96 Å². The van der Waals surface area contributed by atoms with Crippen molar-refractivity contribution < 1.29 is 14.3 Å². The minimum absolute atomic E-state index is 0. The van der Waals surface area contributed by atoms with Gasteiger partial charge in [-0.2, -0.15) is 0 Å². The van der Waals surface area contributed by atoms with Crippen LogP contribution in [0, 0.1) is 13.8 Å². The highest BCUT2D eigenvalue weighted by molar-refractivity contribution is 14.0. The summed E-state index contributed by atoms with van der Waals surface area (Å²) in [6.07, 6.45) is -0.0387. The molecule has 1 aromatic heterocycles. The summed E-state index contributed by atoms with van der Waals surface area (Å²) >= 11 is 1.34. The average molecular weight is 546 g/mol. The van der Waals surface area contributed by atoms with Crippen molar-refractivity contribution in [3.05, 3.63) is 45.4 Å². The summed E-state index contributed by atoms with van der Waals surface area (Å²) in [5.41, 5.74) is 1.84. The van der Waals surface area contributed by atoms with Crippen LogP contribution in [0.25, 0.3) is 0 Å². The van der Waals surface area contributed by atoms with Crippen LogP contribution in [-0.4, -0.2) is 43.2 Å². The Bertz CT molecular complexity index is 857. The zero-order chi connectivity index (χ0) is 21.4. The molecule has 2 N–H and O–H groups in total. The third-order valence-corrected chi connectivity index (χ3v) is 5.43. The molecule has 0 aliphatic heterocycles. The number of thiazole rings is 1. The van der Waals surface area contributed by atoms with Crippen LogP contribution in [0.2, 0.25) is 0 Å². The fourth-order valence-corrected chi connectivity index (χ4v) is 3.62. The van der Waals surface area contributed by atoms with Gasteiger partial charge >= 0.3 is 5.97 Å². The highest BCUT2D eigenvalue weighted by atomic mass is 127. The molecule has 0 saturated heterocycles. The van der Waals surface area contributed by atoms with Crippen molar-refractivity contribution >= 4 is 47.2 Å². The molecule has 30 heavy (non-hydrogen) atoms. The Hall–Kier alpha value is -1.88. The second-order valence-corrected chi connectivity index (χ2v) is 7.78. The molecule has 2 aromatic rings. The van der Waals surface area contributed by atoms with Gasteiger partial charge < -0.3 is 20.1 Å². The highest BCUT2D eigenvalue weighted by Gasteiger charge is 2.20. The van der Waals surface area contributed by atoms with Crippen LogP contribution in [0.15, 0.2) is 29.3 Å². The molecule has 1 heterocycles. The van der Waals surface area contributed by atoms with Crippen LogP contribution in [0.4, 0.5) is 0 Å². The SMILES string of the molecule is CCOC(=O)c1sc(C(C)NC(=NC)NCC(C)Oc2cccc(C)c2)nc1C.I. The lowest BCUT2D eigenvalue weighted by atomic mass is 10.2. The third kappa shape index (κ3) is 7.75. The van der Waals surface area contributed by atoms with Gasteiger partial charge in [-0.3, -0.25) is 4.99 Å². The highest BCUT2D eigenvalue weighted by Crippen LogP contribution is 2.24. The third-order valence-electron chi connectivity index (χ3n) is 4.10. The molecule has 2 rings (SSSR count). The fourth-order valence-electron chi connectivity index (χ4n) is 2.65. The zero-order valence-electron chi connectivity index (χ0n) is 18.3. The number of benzene rings is 1. The van der Waals surface area contributed by atoms with Crippen molar-refractivity contribution in [2.24, 2.45) is 4.99 Å². The Morgan fingerprint density at radius 3 is 2.67 bits per heavy atom. The van der Waals surface area contributed by atoms with E-state index in [0.717, 1.165) is 16.3 Å². The van der Waals surface area contributed by atoms with Crippen LogP contribution in [0.5, 0.6) is 5.75 Å². The number of aromatic nitrogens is 1. The first kappa shape index (κ1) is 26.2. The fraction of sp³-hybridized carbons (Fsp3) is 0.476. The Labute approximate surface area is 199 Å². The second kappa shape index (κ2) is 12.7. The predicted molar refractivity (Wildman–Crippen MR) is 132 cm³/mol. The van der Waals surface area contributed by atoms with Crippen molar-refractivity contribution in [3.63, 3.8) is 0 Å². The number of ether oxygens (including phenoxy) is 2. The smallest absolute Gasteiger partial charge is 0.350 e. The predicted octanol–water partition coefficient (Wildman–Crippen LogP) is 4.25. The van der Waals surface area contributed by atoms with Gasteiger partial charge in [0, 0.05) is 7.05 Å². The first-order chi connectivity index (χ1) is 13.8. The van der Waals surface area contributed by atoms with E-state index >= 15 is 0 Å². The summed E-state index contributed by atoms with van der Waals surface area (Å²) in [7, 11) is 1.71. The van der Waals surface area contributed by atoms with Crippen molar-refractivity contribution in [2.75, 3.05) is 20.2 Å². The number of esters is 1. The normalized spacial score (nSPS) is 13.1. The Balaban J connectivity index is 0.00000450. The summed E-state index contributed by atoms with van der Waals surface area (Å²) in [5.74, 6) is 1.16. The number of hydrogen-bond acceptors (Lipinski definition) is 6. The monoisotopic (exact) mass is 546 g/mol. The molecule has 0 spiro atoms. The van der Waals surface area contributed by atoms with Crippen LogP contribution in [0.3, 0.4) is 0 Å². The molecule has 166 valence electrons. The molecule has 0 fully saturated rings. The van der Waals surface area contributed by atoms with Gasteiger partial charge in [0.1, 0.15) is 21.7 Å². The number of carbonyl (C=O) groups is 1. The van der Waals surface area contributed by atoms with Crippen molar-refractivity contribution in [3.8, 4) is 5.75 Å². The largest absolute Gasteiger partial charge is 0.489 e. The van der Waals surface area contributed by atoms with Crippen LogP contribution < -0.4 is 15.4 Å². The Kier molecular flexibility index (Phi) is 11.1. The lowest BCUT2D eigenvalue weighted by Crippen LogP contribution is -2.42. The van der Waals surface area contributed by atoms with Crippen molar-refractivity contribution in [2.45, 2.75) is 46.8 Å². The summed E-state index contributed by atoms with van der Waals surface area (Å²) in [5, 5.41) is 7.37. The summed E-state index contributed by atoms with van der Waals surface area (Å²) in [6.45, 7) is 10.6. The van der Waals surface area contributed by atoms with E-state index in [1.165, 1.54) is 11.3 Å². The number of halogens is 1. The molecular weight excluding hydrogens is 515 g/mol. The van der Waals surface area contributed by atoms with Gasteiger partial charge in [0.2, 0.25) is 0 Å². The lowest BCUT2D eigenvalue weighted by Gasteiger charge is -2.20. The molecule has 2 atom stereocenters.